The first-order valence-electron chi connectivity index (χ1n) is 5.60. The molecule has 0 radical (unpaired) electrons. The maximum atomic E-state index is 11.7. The number of nitrogens with one attached hydrogen (secondary N) is 1. The van der Waals surface area contributed by atoms with Crippen LogP contribution in [0.1, 0.15) is 31.1 Å². The molecular weight excluding hydrogens is 314 g/mol. The van der Waals surface area contributed by atoms with E-state index in [1.165, 1.54) is 7.11 Å². The molecule has 0 fully saturated rings. The van der Waals surface area contributed by atoms with Crippen molar-refractivity contribution in [3.63, 3.8) is 0 Å². The standard InChI is InChI=1S/C13H16BrNO4/c1-13(2,3)19-12(17)15-11-8(7-16)5-6-9(18-4)10(11)14/h5-7H,1-4H3,(H,15,17). The molecule has 0 bridgehead atoms. The monoisotopic (exact) mass is 329 g/mol. The molecule has 104 valence electrons. The third-order valence-corrected chi connectivity index (χ3v) is 2.90. The Morgan fingerprint density at radius 2 is 2.00 bits per heavy atom. The van der Waals surface area contributed by atoms with Gasteiger partial charge in [0.05, 0.1) is 17.3 Å². The minimum absolute atomic E-state index is 0.323. The van der Waals surface area contributed by atoms with Gasteiger partial charge in [-0.2, -0.15) is 0 Å². The number of rotatable bonds is 3. The zero-order chi connectivity index (χ0) is 14.6. The van der Waals surface area contributed by atoms with Gasteiger partial charge in [-0.15, -0.1) is 0 Å². The molecule has 0 aliphatic rings. The minimum atomic E-state index is -0.635. The molecule has 0 spiro atoms. The smallest absolute Gasteiger partial charge is 0.412 e. The number of carbonyl (C=O) groups is 2. The first-order valence-corrected chi connectivity index (χ1v) is 6.39. The van der Waals surface area contributed by atoms with Crippen LogP contribution in [0.2, 0.25) is 0 Å². The SMILES string of the molecule is COc1ccc(C=O)c(NC(=O)OC(C)(C)C)c1Br. The van der Waals surface area contributed by atoms with Crippen molar-refractivity contribution < 1.29 is 19.1 Å². The highest BCUT2D eigenvalue weighted by molar-refractivity contribution is 9.10. The van der Waals surface area contributed by atoms with Gasteiger partial charge in [0.1, 0.15) is 11.4 Å². The second kappa shape index (κ2) is 6.06. The predicted octanol–water partition coefficient (Wildman–Crippen LogP) is 3.62. The molecule has 1 rings (SSSR count). The number of hydrogen-bond donors (Lipinski definition) is 1. The Kier molecular flexibility index (Phi) is 4.94. The van der Waals surface area contributed by atoms with Gasteiger partial charge in [-0.1, -0.05) is 0 Å². The van der Waals surface area contributed by atoms with Crippen LogP contribution < -0.4 is 10.1 Å². The largest absolute Gasteiger partial charge is 0.495 e. The Bertz CT molecular complexity index is 494. The van der Waals surface area contributed by atoms with Gasteiger partial charge in [0.2, 0.25) is 0 Å². The fraction of sp³-hybridized carbons (Fsp3) is 0.385. The number of hydrogen-bond acceptors (Lipinski definition) is 4. The highest BCUT2D eigenvalue weighted by Crippen LogP contribution is 2.35. The first-order chi connectivity index (χ1) is 8.78. The molecule has 0 unspecified atom stereocenters. The Morgan fingerprint density at radius 3 is 2.47 bits per heavy atom. The average Bonchev–Trinajstić information content (AvgIpc) is 2.29. The van der Waals surface area contributed by atoms with E-state index < -0.39 is 11.7 Å². The maximum Gasteiger partial charge on any atom is 0.412 e. The Balaban J connectivity index is 3.05. The zero-order valence-electron chi connectivity index (χ0n) is 11.2. The summed E-state index contributed by atoms with van der Waals surface area (Å²) in [4.78, 5) is 22.7. The van der Waals surface area contributed by atoms with Crippen LogP contribution in [0.25, 0.3) is 0 Å². The Hall–Kier alpha value is -1.56. The maximum absolute atomic E-state index is 11.7. The molecule has 1 amide bonds. The van der Waals surface area contributed by atoms with Crippen molar-refractivity contribution in [3.8, 4) is 5.75 Å². The van der Waals surface area contributed by atoms with Gasteiger partial charge >= 0.3 is 6.09 Å². The number of amides is 1. The van der Waals surface area contributed by atoms with Crippen LogP contribution >= 0.6 is 15.9 Å². The highest BCUT2D eigenvalue weighted by atomic mass is 79.9. The molecule has 0 saturated carbocycles. The van der Waals surface area contributed by atoms with Gasteiger partial charge in [-0.3, -0.25) is 10.1 Å². The van der Waals surface area contributed by atoms with E-state index in [2.05, 4.69) is 21.2 Å². The number of halogens is 1. The van der Waals surface area contributed by atoms with Crippen LogP contribution in [0.4, 0.5) is 10.5 Å². The number of carbonyl (C=O) groups excluding carboxylic acids is 2. The molecule has 6 heteroatoms. The van der Waals surface area contributed by atoms with Crippen LogP contribution in [-0.4, -0.2) is 25.1 Å². The summed E-state index contributed by atoms with van der Waals surface area (Å²) in [6.07, 6.45) is 0.0150. The van der Waals surface area contributed by atoms with E-state index in [0.717, 1.165) is 0 Å². The molecular formula is C13H16BrNO4. The van der Waals surface area contributed by atoms with Gasteiger partial charge in [-0.05, 0) is 48.8 Å². The highest BCUT2D eigenvalue weighted by Gasteiger charge is 2.19. The lowest BCUT2D eigenvalue weighted by Crippen LogP contribution is -2.27. The fourth-order valence-electron chi connectivity index (χ4n) is 1.36. The number of ether oxygens (including phenoxy) is 2. The van der Waals surface area contributed by atoms with Crippen molar-refractivity contribution in [1.29, 1.82) is 0 Å². The summed E-state index contributed by atoms with van der Waals surface area (Å²) >= 11 is 3.29. The number of methoxy groups -OCH3 is 1. The van der Waals surface area contributed by atoms with E-state index in [4.69, 9.17) is 9.47 Å². The molecule has 1 aromatic rings. The van der Waals surface area contributed by atoms with E-state index in [1.807, 2.05) is 0 Å². The van der Waals surface area contributed by atoms with Crippen LogP contribution in [0.15, 0.2) is 16.6 Å². The lowest BCUT2D eigenvalue weighted by molar-refractivity contribution is 0.0636. The average molecular weight is 330 g/mol. The van der Waals surface area contributed by atoms with Gasteiger partial charge in [0.25, 0.3) is 0 Å². The van der Waals surface area contributed by atoms with Crippen LogP contribution in [0.3, 0.4) is 0 Å². The third-order valence-electron chi connectivity index (χ3n) is 2.11. The molecule has 1 N–H and O–H groups in total. The van der Waals surface area contributed by atoms with E-state index in [0.29, 0.717) is 27.8 Å². The second-order valence-corrected chi connectivity index (χ2v) is 5.58. The summed E-state index contributed by atoms with van der Waals surface area (Å²) in [5.41, 5.74) is 0.0404. The van der Waals surface area contributed by atoms with E-state index in [-0.39, 0.29) is 0 Å². The molecule has 0 saturated heterocycles. The molecule has 0 aromatic heterocycles. The van der Waals surface area contributed by atoms with Crippen LogP contribution in [0.5, 0.6) is 5.75 Å². The molecule has 0 aliphatic heterocycles. The number of aldehydes is 1. The normalized spacial score (nSPS) is 10.8. The molecule has 0 aliphatic carbocycles. The van der Waals surface area contributed by atoms with Gasteiger partial charge in [0.15, 0.2) is 6.29 Å². The summed E-state index contributed by atoms with van der Waals surface area (Å²) in [5, 5.41) is 2.54. The van der Waals surface area contributed by atoms with Gasteiger partial charge < -0.3 is 9.47 Å². The summed E-state index contributed by atoms with van der Waals surface area (Å²) < 4.78 is 10.7. The van der Waals surface area contributed by atoms with Gasteiger partial charge in [0, 0.05) is 5.56 Å². The third kappa shape index (κ3) is 4.24. The van der Waals surface area contributed by atoms with Crippen molar-refractivity contribution in [3.05, 3.63) is 22.2 Å². The van der Waals surface area contributed by atoms with Crippen molar-refractivity contribution in [2.24, 2.45) is 0 Å². The predicted molar refractivity (Wildman–Crippen MR) is 75.9 cm³/mol. The first kappa shape index (κ1) is 15.5. The summed E-state index contributed by atoms with van der Waals surface area (Å²) in [5.74, 6) is 0.511. The van der Waals surface area contributed by atoms with Crippen molar-refractivity contribution >= 4 is 34.0 Å². The quantitative estimate of drug-likeness (QED) is 0.860. The lowest BCUT2D eigenvalue weighted by atomic mass is 10.2. The van der Waals surface area contributed by atoms with E-state index in [9.17, 15) is 9.59 Å². The fourth-order valence-corrected chi connectivity index (χ4v) is 1.98. The second-order valence-electron chi connectivity index (χ2n) is 4.79. The molecule has 0 atom stereocenters. The van der Waals surface area contributed by atoms with Crippen LogP contribution in [-0.2, 0) is 4.74 Å². The minimum Gasteiger partial charge on any atom is -0.495 e. The number of benzene rings is 1. The molecule has 5 nitrogen and oxygen atoms in total. The molecule has 19 heavy (non-hydrogen) atoms. The van der Waals surface area contributed by atoms with Gasteiger partial charge in [-0.25, -0.2) is 4.79 Å². The number of anilines is 1. The van der Waals surface area contributed by atoms with Crippen molar-refractivity contribution in [2.75, 3.05) is 12.4 Å². The van der Waals surface area contributed by atoms with E-state index in [1.54, 1.807) is 32.9 Å². The zero-order valence-corrected chi connectivity index (χ0v) is 12.8. The lowest BCUT2D eigenvalue weighted by Gasteiger charge is -2.20. The summed E-state index contributed by atoms with van der Waals surface area (Å²) in [7, 11) is 1.50. The molecule has 0 heterocycles. The topological polar surface area (TPSA) is 64.6 Å². The summed E-state index contributed by atoms with van der Waals surface area (Å²) in [6, 6.07) is 3.19. The van der Waals surface area contributed by atoms with E-state index >= 15 is 0 Å². The summed E-state index contributed by atoms with van der Waals surface area (Å²) in [6.45, 7) is 5.27. The van der Waals surface area contributed by atoms with Crippen LogP contribution in [0, 0.1) is 0 Å². The van der Waals surface area contributed by atoms with Crippen molar-refractivity contribution in [1.82, 2.24) is 0 Å². The van der Waals surface area contributed by atoms with Crippen molar-refractivity contribution in [2.45, 2.75) is 26.4 Å². The Morgan fingerprint density at radius 1 is 1.37 bits per heavy atom. The molecule has 1 aromatic carbocycles. The Labute approximate surface area is 120 Å².